The second-order valence-corrected chi connectivity index (χ2v) is 11.5. The predicted octanol–water partition coefficient (Wildman–Crippen LogP) is 6.00. The third-order valence-electron chi connectivity index (χ3n) is 6.08. The lowest BCUT2D eigenvalue weighted by Crippen LogP contribution is -2.41. The van der Waals surface area contributed by atoms with E-state index >= 15 is 0 Å². The Morgan fingerprint density at radius 3 is 2.08 bits per heavy atom. The van der Waals surface area contributed by atoms with E-state index in [-0.39, 0.29) is 35.0 Å². The third kappa shape index (κ3) is 7.54. The summed E-state index contributed by atoms with van der Waals surface area (Å²) in [5.41, 5.74) is 2.50. The minimum atomic E-state index is -3.31. The van der Waals surface area contributed by atoms with Crippen LogP contribution in [-0.2, 0) is 14.6 Å². The van der Waals surface area contributed by atoms with Crippen molar-refractivity contribution >= 4 is 15.6 Å². The molecule has 8 heteroatoms. The van der Waals surface area contributed by atoms with Gasteiger partial charge in [-0.05, 0) is 47.2 Å². The highest BCUT2D eigenvalue weighted by molar-refractivity contribution is 7.90. The highest BCUT2D eigenvalue weighted by Gasteiger charge is 2.26. The molecule has 0 radical (unpaired) electrons. The SMILES string of the molecule is CC(C)C[C@H](N[C@@H](c1ccc(-c2ccc(S(C)(=O)=O)cc2)cc1)c1ccc(F)cc1F)C(=O)CCC#N. The van der Waals surface area contributed by atoms with Crippen LogP contribution in [-0.4, -0.2) is 26.5 Å². The van der Waals surface area contributed by atoms with Gasteiger partial charge < -0.3 is 0 Å². The summed E-state index contributed by atoms with van der Waals surface area (Å²) in [6, 6.07) is 17.8. The highest BCUT2D eigenvalue weighted by atomic mass is 32.2. The van der Waals surface area contributed by atoms with Gasteiger partial charge in [-0.2, -0.15) is 5.26 Å². The van der Waals surface area contributed by atoms with Crippen molar-refractivity contribution in [3.05, 3.63) is 89.5 Å². The first kappa shape index (κ1) is 28.2. The van der Waals surface area contributed by atoms with Crippen LogP contribution in [0.2, 0.25) is 0 Å². The molecule has 0 saturated carbocycles. The first-order chi connectivity index (χ1) is 17.5. The molecule has 0 aliphatic carbocycles. The third-order valence-corrected chi connectivity index (χ3v) is 7.21. The number of halogens is 2. The van der Waals surface area contributed by atoms with Gasteiger partial charge >= 0.3 is 0 Å². The van der Waals surface area contributed by atoms with Crippen LogP contribution >= 0.6 is 0 Å². The maximum Gasteiger partial charge on any atom is 0.175 e. The largest absolute Gasteiger partial charge is 0.298 e. The van der Waals surface area contributed by atoms with E-state index in [1.807, 2.05) is 32.0 Å². The van der Waals surface area contributed by atoms with Gasteiger partial charge in [0.25, 0.3) is 0 Å². The number of nitrogens with zero attached hydrogens (tertiary/aromatic N) is 1. The van der Waals surface area contributed by atoms with Crippen LogP contribution in [0.4, 0.5) is 8.78 Å². The van der Waals surface area contributed by atoms with E-state index in [1.165, 1.54) is 12.1 Å². The van der Waals surface area contributed by atoms with E-state index in [0.717, 1.165) is 23.4 Å². The average Bonchev–Trinajstić information content (AvgIpc) is 2.85. The first-order valence-electron chi connectivity index (χ1n) is 12.0. The van der Waals surface area contributed by atoms with Crippen molar-refractivity contribution in [2.24, 2.45) is 5.92 Å². The molecule has 0 aliphatic rings. The van der Waals surface area contributed by atoms with Crippen molar-refractivity contribution < 1.29 is 22.0 Å². The van der Waals surface area contributed by atoms with Gasteiger partial charge in [-0.3, -0.25) is 10.1 Å². The Morgan fingerprint density at radius 1 is 0.973 bits per heavy atom. The molecule has 0 fully saturated rings. The molecule has 0 amide bonds. The first-order valence-corrected chi connectivity index (χ1v) is 13.9. The number of carbonyl (C=O) groups is 1. The van der Waals surface area contributed by atoms with Crippen LogP contribution in [0.5, 0.6) is 0 Å². The number of nitrogens with one attached hydrogen (secondary N) is 1. The number of sulfone groups is 1. The number of benzene rings is 3. The van der Waals surface area contributed by atoms with Crippen LogP contribution in [0.3, 0.4) is 0 Å². The standard InChI is InChI=1S/C29H30F2N2O3S/c1-19(2)17-27(28(34)5-4-16-32)33-29(25-15-12-23(30)18-26(25)31)22-8-6-20(7-9-22)21-10-13-24(14-11-21)37(3,35)36/h6-15,18-19,27,29,33H,4-5,17H2,1-3H3/t27-,29-/m0/s1. The second kappa shape index (κ2) is 12.2. The Labute approximate surface area is 217 Å². The molecule has 3 aromatic rings. The fraction of sp³-hybridized carbons (Fsp3) is 0.310. The second-order valence-electron chi connectivity index (χ2n) is 9.49. The van der Waals surface area contributed by atoms with Gasteiger partial charge in [-0.25, -0.2) is 17.2 Å². The zero-order valence-corrected chi connectivity index (χ0v) is 21.9. The highest BCUT2D eigenvalue weighted by Crippen LogP contribution is 2.29. The summed E-state index contributed by atoms with van der Waals surface area (Å²) in [7, 11) is -3.31. The van der Waals surface area contributed by atoms with Gasteiger partial charge in [0.15, 0.2) is 15.6 Å². The van der Waals surface area contributed by atoms with Crippen molar-refractivity contribution in [2.75, 3.05) is 6.26 Å². The lowest BCUT2D eigenvalue weighted by molar-refractivity contribution is -0.121. The molecule has 0 bridgehead atoms. The van der Waals surface area contributed by atoms with E-state index in [9.17, 15) is 22.0 Å². The normalized spacial score (nSPS) is 13.2. The number of hydrogen-bond acceptors (Lipinski definition) is 5. The van der Waals surface area contributed by atoms with Crippen LogP contribution in [0, 0.1) is 28.9 Å². The summed E-state index contributed by atoms with van der Waals surface area (Å²) in [5, 5.41) is 12.2. The van der Waals surface area contributed by atoms with Crippen molar-refractivity contribution in [3.8, 4) is 17.2 Å². The lowest BCUT2D eigenvalue weighted by Gasteiger charge is -2.27. The molecular weight excluding hydrogens is 494 g/mol. The molecule has 194 valence electrons. The summed E-state index contributed by atoms with van der Waals surface area (Å²) < 4.78 is 52.1. The van der Waals surface area contributed by atoms with Crippen molar-refractivity contribution in [1.29, 1.82) is 5.26 Å². The van der Waals surface area contributed by atoms with E-state index in [1.54, 1.807) is 36.4 Å². The molecule has 0 aliphatic heterocycles. The van der Waals surface area contributed by atoms with Gasteiger partial charge in [0.05, 0.1) is 23.0 Å². The summed E-state index contributed by atoms with van der Waals surface area (Å²) >= 11 is 0. The topological polar surface area (TPSA) is 87.0 Å². The van der Waals surface area contributed by atoms with Gasteiger partial charge in [0.2, 0.25) is 0 Å². The summed E-state index contributed by atoms with van der Waals surface area (Å²) in [4.78, 5) is 13.1. The van der Waals surface area contributed by atoms with E-state index < -0.39 is 33.6 Å². The number of rotatable bonds is 11. The van der Waals surface area contributed by atoms with E-state index in [4.69, 9.17) is 5.26 Å². The molecule has 1 N–H and O–H groups in total. The number of ketones is 1. The molecule has 0 unspecified atom stereocenters. The van der Waals surface area contributed by atoms with Crippen LogP contribution in [0.25, 0.3) is 11.1 Å². The fourth-order valence-electron chi connectivity index (χ4n) is 4.18. The van der Waals surface area contributed by atoms with Crippen molar-refractivity contribution in [1.82, 2.24) is 5.32 Å². The van der Waals surface area contributed by atoms with Gasteiger partial charge in [0, 0.05) is 30.7 Å². The Balaban J connectivity index is 1.98. The minimum absolute atomic E-state index is 0.0852. The van der Waals surface area contributed by atoms with E-state index in [0.29, 0.717) is 12.0 Å². The monoisotopic (exact) mass is 524 g/mol. The molecule has 0 spiro atoms. The maximum atomic E-state index is 14.9. The Hall–Kier alpha value is -3.41. The van der Waals surface area contributed by atoms with Crippen molar-refractivity contribution in [3.63, 3.8) is 0 Å². The number of carbonyl (C=O) groups excluding carboxylic acids is 1. The molecule has 3 rings (SSSR count). The predicted molar refractivity (Wildman–Crippen MR) is 139 cm³/mol. The van der Waals surface area contributed by atoms with Crippen LogP contribution < -0.4 is 5.32 Å². The molecule has 37 heavy (non-hydrogen) atoms. The maximum absolute atomic E-state index is 14.9. The minimum Gasteiger partial charge on any atom is -0.298 e. The molecular formula is C29H30F2N2O3S. The molecule has 0 aromatic heterocycles. The Morgan fingerprint density at radius 2 is 1.57 bits per heavy atom. The van der Waals surface area contributed by atoms with E-state index in [2.05, 4.69) is 5.32 Å². The molecule has 2 atom stereocenters. The summed E-state index contributed by atoms with van der Waals surface area (Å²) in [5.74, 6) is -1.40. The number of nitriles is 1. The average molecular weight is 525 g/mol. The molecule has 0 saturated heterocycles. The summed E-state index contributed by atoms with van der Waals surface area (Å²) in [6.45, 7) is 3.95. The number of hydrogen-bond donors (Lipinski definition) is 1. The van der Waals surface area contributed by atoms with Crippen LogP contribution in [0.15, 0.2) is 71.6 Å². The van der Waals surface area contributed by atoms with Gasteiger partial charge in [-0.15, -0.1) is 0 Å². The van der Waals surface area contributed by atoms with Crippen molar-refractivity contribution in [2.45, 2.75) is 50.1 Å². The zero-order chi connectivity index (χ0) is 27.2. The smallest absolute Gasteiger partial charge is 0.175 e. The molecule has 5 nitrogen and oxygen atoms in total. The van der Waals surface area contributed by atoms with Gasteiger partial charge in [-0.1, -0.05) is 56.3 Å². The Bertz CT molecular complexity index is 1380. The molecule has 3 aromatic carbocycles. The molecule has 0 heterocycles. The lowest BCUT2D eigenvalue weighted by atomic mass is 9.92. The van der Waals surface area contributed by atoms with Crippen LogP contribution in [0.1, 0.15) is 50.3 Å². The fourth-order valence-corrected chi connectivity index (χ4v) is 4.81. The summed E-state index contributed by atoms with van der Waals surface area (Å²) in [6.07, 6.45) is 1.82. The quantitative estimate of drug-likeness (QED) is 0.332. The number of Topliss-reactive ketones (excluding diaryl/α,β-unsaturated/α-hetero) is 1. The zero-order valence-electron chi connectivity index (χ0n) is 21.0. The Kier molecular flexibility index (Phi) is 9.30. The van der Waals surface area contributed by atoms with Gasteiger partial charge in [0.1, 0.15) is 11.6 Å².